The number of carboxylic acids is 1. The fourth-order valence-electron chi connectivity index (χ4n) is 3.03. The zero-order chi connectivity index (χ0) is 12.7. The van der Waals surface area contributed by atoms with Crippen molar-refractivity contribution in [1.82, 2.24) is 0 Å². The fourth-order valence-corrected chi connectivity index (χ4v) is 3.03. The molecule has 0 bridgehead atoms. The van der Waals surface area contributed by atoms with Crippen molar-refractivity contribution in [3.8, 4) is 12.3 Å². The molecule has 0 atom stereocenters. The maximum atomic E-state index is 11.5. The molecule has 0 aromatic carbocycles. The Morgan fingerprint density at radius 1 is 1.47 bits per heavy atom. The lowest BCUT2D eigenvalue weighted by Crippen LogP contribution is -2.35. The Balaban J connectivity index is 2.51. The SMILES string of the molecule is C#CCCCC1(C(=O)O)CCC(CCC)CC1. The Bertz CT molecular complexity index is 280. The average molecular weight is 236 g/mol. The van der Waals surface area contributed by atoms with E-state index in [-0.39, 0.29) is 0 Å². The molecule has 2 nitrogen and oxygen atoms in total. The summed E-state index contributed by atoms with van der Waals surface area (Å²) in [5.74, 6) is 2.74. The third kappa shape index (κ3) is 3.77. The third-order valence-corrected chi connectivity index (χ3v) is 4.19. The van der Waals surface area contributed by atoms with Crippen molar-refractivity contribution in [3.63, 3.8) is 0 Å². The standard InChI is InChI=1S/C15H24O2/c1-3-5-6-10-15(14(16)17)11-8-13(7-4-2)9-12-15/h1,13H,4-12H2,2H3,(H,16,17). The van der Waals surface area contributed by atoms with Gasteiger partial charge in [0, 0.05) is 6.42 Å². The van der Waals surface area contributed by atoms with E-state index >= 15 is 0 Å². The molecule has 0 saturated heterocycles. The van der Waals surface area contributed by atoms with Crippen molar-refractivity contribution >= 4 is 5.97 Å². The van der Waals surface area contributed by atoms with Gasteiger partial charge < -0.3 is 5.11 Å². The third-order valence-electron chi connectivity index (χ3n) is 4.19. The second-order valence-electron chi connectivity index (χ2n) is 5.38. The summed E-state index contributed by atoms with van der Waals surface area (Å²) in [4.78, 5) is 11.5. The second kappa shape index (κ2) is 6.69. The van der Waals surface area contributed by atoms with E-state index in [2.05, 4.69) is 12.8 Å². The summed E-state index contributed by atoms with van der Waals surface area (Å²) in [6, 6.07) is 0. The predicted molar refractivity (Wildman–Crippen MR) is 69.6 cm³/mol. The molecular weight excluding hydrogens is 212 g/mol. The second-order valence-corrected chi connectivity index (χ2v) is 5.38. The van der Waals surface area contributed by atoms with Gasteiger partial charge in [0.05, 0.1) is 5.41 Å². The van der Waals surface area contributed by atoms with Crippen molar-refractivity contribution in [2.24, 2.45) is 11.3 Å². The van der Waals surface area contributed by atoms with Crippen LogP contribution in [0.15, 0.2) is 0 Å². The van der Waals surface area contributed by atoms with Gasteiger partial charge in [0.2, 0.25) is 0 Å². The van der Waals surface area contributed by atoms with Crippen LogP contribution < -0.4 is 0 Å². The number of rotatable bonds is 6. The number of unbranched alkanes of at least 4 members (excludes halogenated alkanes) is 1. The number of carboxylic acid groups (broad SMARTS) is 1. The van der Waals surface area contributed by atoms with Crippen LogP contribution in [0.4, 0.5) is 0 Å². The summed E-state index contributed by atoms with van der Waals surface area (Å²) >= 11 is 0. The number of hydrogen-bond acceptors (Lipinski definition) is 1. The van der Waals surface area contributed by atoms with Gasteiger partial charge in [-0.3, -0.25) is 4.79 Å². The highest BCUT2D eigenvalue weighted by Crippen LogP contribution is 2.44. The Kier molecular flexibility index (Phi) is 5.55. The van der Waals surface area contributed by atoms with Gasteiger partial charge in [-0.2, -0.15) is 0 Å². The molecule has 96 valence electrons. The minimum absolute atomic E-state index is 0.471. The van der Waals surface area contributed by atoms with Crippen molar-refractivity contribution in [2.45, 2.75) is 64.7 Å². The zero-order valence-electron chi connectivity index (χ0n) is 10.9. The lowest BCUT2D eigenvalue weighted by atomic mass is 9.67. The molecule has 1 aliphatic rings. The molecule has 17 heavy (non-hydrogen) atoms. The largest absolute Gasteiger partial charge is 0.481 e. The van der Waals surface area contributed by atoms with Crippen LogP contribution in [0, 0.1) is 23.7 Å². The van der Waals surface area contributed by atoms with Crippen LogP contribution in [0.5, 0.6) is 0 Å². The summed E-state index contributed by atoms with van der Waals surface area (Å²) in [6.07, 6.45) is 13.8. The summed E-state index contributed by atoms with van der Waals surface area (Å²) < 4.78 is 0. The molecule has 0 radical (unpaired) electrons. The van der Waals surface area contributed by atoms with E-state index in [4.69, 9.17) is 6.42 Å². The molecule has 1 rings (SSSR count). The van der Waals surface area contributed by atoms with Gasteiger partial charge in [0.25, 0.3) is 0 Å². The molecule has 0 aromatic heterocycles. The van der Waals surface area contributed by atoms with Gasteiger partial charge in [-0.15, -0.1) is 12.3 Å². The molecule has 0 unspecified atom stereocenters. The van der Waals surface area contributed by atoms with Crippen LogP contribution in [0.25, 0.3) is 0 Å². The number of hydrogen-bond donors (Lipinski definition) is 1. The normalized spacial score (nSPS) is 28.6. The molecule has 0 spiro atoms. The van der Waals surface area contributed by atoms with E-state index in [0.717, 1.165) is 44.4 Å². The highest BCUT2D eigenvalue weighted by atomic mass is 16.4. The van der Waals surface area contributed by atoms with E-state index in [1.165, 1.54) is 12.8 Å². The van der Waals surface area contributed by atoms with Crippen molar-refractivity contribution in [2.75, 3.05) is 0 Å². The molecule has 1 aliphatic carbocycles. The van der Waals surface area contributed by atoms with E-state index < -0.39 is 11.4 Å². The molecular formula is C15H24O2. The first-order valence-electron chi connectivity index (χ1n) is 6.81. The van der Waals surface area contributed by atoms with E-state index in [1.807, 2.05) is 0 Å². The lowest BCUT2D eigenvalue weighted by molar-refractivity contribution is -0.152. The minimum atomic E-state index is -0.607. The van der Waals surface area contributed by atoms with Crippen LogP contribution in [-0.2, 0) is 4.79 Å². The Morgan fingerprint density at radius 3 is 2.59 bits per heavy atom. The summed E-state index contributed by atoms with van der Waals surface area (Å²) in [5.41, 5.74) is -0.471. The van der Waals surface area contributed by atoms with Gasteiger partial charge in [0.15, 0.2) is 0 Å². The van der Waals surface area contributed by atoms with Crippen LogP contribution in [0.1, 0.15) is 64.7 Å². The summed E-state index contributed by atoms with van der Waals surface area (Å²) in [6.45, 7) is 2.20. The minimum Gasteiger partial charge on any atom is -0.481 e. The molecule has 2 heteroatoms. The smallest absolute Gasteiger partial charge is 0.309 e. The first kappa shape index (κ1) is 14.1. The number of carbonyl (C=O) groups is 1. The molecule has 0 amide bonds. The number of terminal acetylenes is 1. The maximum Gasteiger partial charge on any atom is 0.309 e. The molecule has 0 aliphatic heterocycles. The van der Waals surface area contributed by atoms with E-state index in [1.54, 1.807) is 0 Å². The highest BCUT2D eigenvalue weighted by Gasteiger charge is 2.40. The van der Waals surface area contributed by atoms with Crippen molar-refractivity contribution in [1.29, 1.82) is 0 Å². The van der Waals surface area contributed by atoms with Crippen LogP contribution in [0.3, 0.4) is 0 Å². The number of aliphatic carboxylic acids is 1. The van der Waals surface area contributed by atoms with Gasteiger partial charge in [0.1, 0.15) is 0 Å². The van der Waals surface area contributed by atoms with Crippen LogP contribution in [-0.4, -0.2) is 11.1 Å². The van der Waals surface area contributed by atoms with Crippen LogP contribution >= 0.6 is 0 Å². The van der Waals surface area contributed by atoms with Gasteiger partial charge >= 0.3 is 5.97 Å². The van der Waals surface area contributed by atoms with Crippen molar-refractivity contribution < 1.29 is 9.90 Å². The highest BCUT2D eigenvalue weighted by molar-refractivity contribution is 5.74. The lowest BCUT2D eigenvalue weighted by Gasteiger charge is -2.37. The maximum absolute atomic E-state index is 11.5. The molecule has 0 aromatic rings. The van der Waals surface area contributed by atoms with E-state index in [0.29, 0.717) is 6.42 Å². The Hall–Kier alpha value is -0.970. The van der Waals surface area contributed by atoms with Gasteiger partial charge in [-0.25, -0.2) is 0 Å². The molecule has 1 N–H and O–H groups in total. The summed E-state index contributed by atoms with van der Waals surface area (Å²) in [7, 11) is 0. The topological polar surface area (TPSA) is 37.3 Å². The predicted octanol–water partition coefficient (Wildman–Crippen LogP) is 3.85. The Morgan fingerprint density at radius 2 is 2.12 bits per heavy atom. The monoisotopic (exact) mass is 236 g/mol. The molecule has 0 heterocycles. The summed E-state index contributed by atoms with van der Waals surface area (Å²) in [5, 5.41) is 9.45. The van der Waals surface area contributed by atoms with Gasteiger partial charge in [-0.05, 0) is 44.4 Å². The first-order valence-corrected chi connectivity index (χ1v) is 6.81. The van der Waals surface area contributed by atoms with Crippen molar-refractivity contribution in [3.05, 3.63) is 0 Å². The Labute approximate surface area is 105 Å². The van der Waals surface area contributed by atoms with E-state index in [9.17, 15) is 9.90 Å². The van der Waals surface area contributed by atoms with Crippen LogP contribution in [0.2, 0.25) is 0 Å². The quantitative estimate of drug-likeness (QED) is 0.562. The fraction of sp³-hybridized carbons (Fsp3) is 0.800. The average Bonchev–Trinajstić information content (AvgIpc) is 2.32. The first-order chi connectivity index (χ1) is 8.14. The van der Waals surface area contributed by atoms with Gasteiger partial charge in [-0.1, -0.05) is 19.8 Å². The molecule has 1 fully saturated rings. The molecule has 1 saturated carbocycles. The zero-order valence-corrected chi connectivity index (χ0v) is 10.9.